The van der Waals surface area contributed by atoms with E-state index in [0.717, 1.165) is 25.7 Å². The summed E-state index contributed by atoms with van der Waals surface area (Å²) in [6, 6.07) is -0.811. The molecule has 0 aromatic carbocycles. The Morgan fingerprint density at radius 2 is 1.88 bits per heavy atom. The number of imide groups is 1. The second kappa shape index (κ2) is 5.97. The minimum Gasteiger partial charge on any atom is -0.351 e. The van der Waals surface area contributed by atoms with Crippen molar-refractivity contribution in [2.75, 3.05) is 20.1 Å². The van der Waals surface area contributed by atoms with Crippen LogP contribution in [0.2, 0.25) is 0 Å². The maximum Gasteiger partial charge on any atom is 0.318 e. The number of nitrogens with two attached hydrogens (primary N) is 2. The molecule has 1 saturated carbocycles. The van der Waals surface area contributed by atoms with Crippen LogP contribution >= 0.6 is 0 Å². The van der Waals surface area contributed by atoms with Crippen molar-refractivity contribution in [2.45, 2.75) is 37.6 Å². The summed E-state index contributed by atoms with van der Waals surface area (Å²) < 4.78 is 0. The van der Waals surface area contributed by atoms with Crippen LogP contribution in [0.4, 0.5) is 4.79 Å². The molecule has 6 heteroatoms. The van der Waals surface area contributed by atoms with Gasteiger partial charge in [-0.2, -0.15) is 0 Å². The van der Waals surface area contributed by atoms with Gasteiger partial charge < -0.3 is 11.5 Å². The Hall–Kier alpha value is -1.14. The van der Waals surface area contributed by atoms with E-state index in [4.69, 9.17) is 11.5 Å². The van der Waals surface area contributed by atoms with Crippen LogP contribution in [0, 0.1) is 0 Å². The molecule has 0 spiro atoms. The number of carbonyl (C=O) groups is 2. The zero-order valence-electron chi connectivity index (χ0n) is 10.4. The first-order valence-electron chi connectivity index (χ1n) is 6.01. The predicted octanol–water partition coefficient (Wildman–Crippen LogP) is -0.225. The van der Waals surface area contributed by atoms with Crippen molar-refractivity contribution in [3.05, 3.63) is 0 Å². The molecule has 5 N–H and O–H groups in total. The second-order valence-electron chi connectivity index (χ2n) is 4.76. The summed E-state index contributed by atoms with van der Waals surface area (Å²) in [5, 5.41) is 2.07. The molecule has 0 aromatic rings. The molecule has 0 atom stereocenters. The van der Waals surface area contributed by atoms with E-state index in [2.05, 4.69) is 5.32 Å². The Balaban J connectivity index is 2.56. The van der Waals surface area contributed by atoms with E-state index in [0.29, 0.717) is 6.54 Å². The van der Waals surface area contributed by atoms with Crippen molar-refractivity contribution in [1.29, 1.82) is 0 Å². The number of nitrogens with one attached hydrogen (secondary N) is 1. The van der Waals surface area contributed by atoms with Crippen LogP contribution in [0.25, 0.3) is 0 Å². The number of hydrogen-bond acceptors (Lipinski definition) is 4. The van der Waals surface area contributed by atoms with Crippen molar-refractivity contribution in [2.24, 2.45) is 11.5 Å². The smallest absolute Gasteiger partial charge is 0.318 e. The zero-order chi connectivity index (χ0) is 12.9. The van der Waals surface area contributed by atoms with Gasteiger partial charge in [0.2, 0.25) is 5.91 Å². The van der Waals surface area contributed by atoms with Gasteiger partial charge in [0.05, 0.1) is 6.54 Å². The van der Waals surface area contributed by atoms with Crippen LogP contribution in [0.3, 0.4) is 0 Å². The van der Waals surface area contributed by atoms with E-state index in [1.807, 2.05) is 11.9 Å². The molecule has 0 aromatic heterocycles. The summed E-state index contributed by atoms with van der Waals surface area (Å²) in [7, 11) is 1.87. The summed E-state index contributed by atoms with van der Waals surface area (Å²) in [5.41, 5.74) is 10.6. The largest absolute Gasteiger partial charge is 0.351 e. The Morgan fingerprint density at radius 1 is 1.29 bits per heavy atom. The number of nitrogens with zero attached hydrogens (tertiary/aromatic N) is 1. The minimum atomic E-state index is -0.811. The molecule has 6 nitrogen and oxygen atoms in total. The monoisotopic (exact) mass is 242 g/mol. The van der Waals surface area contributed by atoms with E-state index in [9.17, 15) is 9.59 Å². The number of likely N-dealkylation sites (N-methyl/N-ethyl adjacent to an activating group) is 1. The van der Waals surface area contributed by atoms with Gasteiger partial charge in [-0.1, -0.05) is 19.3 Å². The van der Waals surface area contributed by atoms with Crippen LogP contribution in [0.1, 0.15) is 32.1 Å². The molecule has 17 heavy (non-hydrogen) atoms. The minimum absolute atomic E-state index is 0.104. The van der Waals surface area contributed by atoms with E-state index in [1.165, 1.54) is 6.42 Å². The molecular weight excluding hydrogens is 220 g/mol. The first-order valence-corrected chi connectivity index (χ1v) is 6.01. The first kappa shape index (κ1) is 13.9. The lowest BCUT2D eigenvalue weighted by molar-refractivity contribution is -0.122. The molecule has 98 valence electrons. The van der Waals surface area contributed by atoms with Gasteiger partial charge in [0.25, 0.3) is 0 Å². The Bertz CT molecular complexity index is 287. The maximum absolute atomic E-state index is 11.5. The summed E-state index contributed by atoms with van der Waals surface area (Å²) in [6.45, 7) is 0.688. The van der Waals surface area contributed by atoms with Gasteiger partial charge in [-0.25, -0.2) is 4.79 Å². The van der Waals surface area contributed by atoms with Gasteiger partial charge >= 0.3 is 6.03 Å². The van der Waals surface area contributed by atoms with Crippen LogP contribution in [-0.4, -0.2) is 42.5 Å². The molecule has 0 unspecified atom stereocenters. The Kier molecular flexibility index (Phi) is 4.89. The highest BCUT2D eigenvalue weighted by molar-refractivity contribution is 5.94. The number of primary amides is 1. The fourth-order valence-corrected chi connectivity index (χ4v) is 2.51. The maximum atomic E-state index is 11.5. The van der Waals surface area contributed by atoms with Gasteiger partial charge in [0.1, 0.15) is 0 Å². The third-order valence-corrected chi connectivity index (χ3v) is 3.62. The fraction of sp³-hybridized carbons (Fsp3) is 0.818. The Morgan fingerprint density at radius 3 is 2.35 bits per heavy atom. The lowest BCUT2D eigenvalue weighted by Gasteiger charge is -2.43. The van der Waals surface area contributed by atoms with Crippen molar-refractivity contribution in [1.82, 2.24) is 10.2 Å². The van der Waals surface area contributed by atoms with Crippen molar-refractivity contribution >= 4 is 11.9 Å². The van der Waals surface area contributed by atoms with Crippen LogP contribution in [-0.2, 0) is 4.79 Å². The van der Waals surface area contributed by atoms with Gasteiger partial charge in [0, 0.05) is 12.1 Å². The molecule has 1 aliphatic carbocycles. The quantitative estimate of drug-likeness (QED) is 0.634. The average molecular weight is 242 g/mol. The third-order valence-electron chi connectivity index (χ3n) is 3.62. The van der Waals surface area contributed by atoms with Crippen LogP contribution in [0.15, 0.2) is 0 Å². The normalized spacial score (nSPS) is 19.0. The average Bonchev–Trinajstić information content (AvgIpc) is 2.28. The van der Waals surface area contributed by atoms with Crippen LogP contribution in [0.5, 0.6) is 0 Å². The molecule has 1 fully saturated rings. The second-order valence-corrected chi connectivity index (χ2v) is 4.76. The molecule has 1 aliphatic rings. The third kappa shape index (κ3) is 3.67. The van der Waals surface area contributed by atoms with E-state index >= 15 is 0 Å². The Labute approximate surface area is 102 Å². The molecule has 0 heterocycles. The molecule has 0 aliphatic heterocycles. The number of carbonyl (C=O) groups excluding carboxylic acids is 2. The lowest BCUT2D eigenvalue weighted by atomic mass is 9.80. The molecular formula is C11H22N4O2. The number of urea groups is 1. The highest BCUT2D eigenvalue weighted by atomic mass is 16.2. The predicted molar refractivity (Wildman–Crippen MR) is 65.2 cm³/mol. The van der Waals surface area contributed by atoms with E-state index in [1.54, 1.807) is 0 Å². The first-order chi connectivity index (χ1) is 8.00. The molecule has 0 radical (unpaired) electrons. The fourth-order valence-electron chi connectivity index (χ4n) is 2.51. The van der Waals surface area contributed by atoms with Crippen LogP contribution < -0.4 is 16.8 Å². The molecule has 1 rings (SSSR count). The van der Waals surface area contributed by atoms with Gasteiger partial charge in [0.15, 0.2) is 0 Å². The number of rotatable bonds is 4. The number of amides is 3. The highest BCUT2D eigenvalue weighted by Crippen LogP contribution is 2.31. The molecule has 3 amide bonds. The standard InChI is InChI=1S/C11H22N4O2/c1-15(7-9(16)14-10(13)17)11(8-12)5-3-2-4-6-11/h2-8,12H2,1H3,(H3,13,14,16,17). The molecule has 0 bridgehead atoms. The van der Waals surface area contributed by atoms with Crippen molar-refractivity contribution in [3.63, 3.8) is 0 Å². The summed E-state index contributed by atoms with van der Waals surface area (Å²) in [5.74, 6) is -0.376. The summed E-state index contributed by atoms with van der Waals surface area (Å²) >= 11 is 0. The van der Waals surface area contributed by atoms with Crippen molar-refractivity contribution in [3.8, 4) is 0 Å². The van der Waals surface area contributed by atoms with Gasteiger partial charge in [-0.15, -0.1) is 0 Å². The van der Waals surface area contributed by atoms with Gasteiger partial charge in [-0.3, -0.25) is 15.0 Å². The zero-order valence-corrected chi connectivity index (χ0v) is 10.4. The topological polar surface area (TPSA) is 101 Å². The SMILES string of the molecule is CN(CC(=O)NC(N)=O)C1(CN)CCCCC1. The summed E-state index contributed by atoms with van der Waals surface area (Å²) in [4.78, 5) is 24.0. The molecule has 0 saturated heterocycles. The number of hydrogen-bond donors (Lipinski definition) is 3. The van der Waals surface area contributed by atoms with E-state index in [-0.39, 0.29) is 18.0 Å². The summed E-state index contributed by atoms with van der Waals surface area (Å²) in [6.07, 6.45) is 5.51. The highest BCUT2D eigenvalue weighted by Gasteiger charge is 2.35. The van der Waals surface area contributed by atoms with Gasteiger partial charge in [-0.05, 0) is 19.9 Å². The van der Waals surface area contributed by atoms with E-state index < -0.39 is 6.03 Å². The lowest BCUT2D eigenvalue weighted by Crippen LogP contribution is -2.56. The van der Waals surface area contributed by atoms with Crippen molar-refractivity contribution < 1.29 is 9.59 Å².